The molecule has 1 aliphatic rings. The van der Waals surface area contributed by atoms with Crippen LogP contribution in [0.1, 0.15) is 5.69 Å². The number of benzene rings is 1. The van der Waals surface area contributed by atoms with E-state index >= 15 is 0 Å². The Kier molecular flexibility index (Phi) is 1.88. The Labute approximate surface area is 87.4 Å². The van der Waals surface area contributed by atoms with E-state index in [-0.39, 0.29) is 0 Å². The summed E-state index contributed by atoms with van der Waals surface area (Å²) in [4.78, 5) is 0. The first-order valence-corrected chi connectivity index (χ1v) is 5.84. The van der Waals surface area contributed by atoms with E-state index in [9.17, 15) is 0 Å². The molecule has 0 spiro atoms. The number of rotatable bonds is 0. The normalized spacial score (nSPS) is 15.4. The summed E-state index contributed by atoms with van der Waals surface area (Å²) in [5.74, 6) is 1.09. The zero-order valence-electron chi connectivity index (χ0n) is 7.81. The Hall–Kier alpha value is -1.15. The molecular formula is C12H11NS. The molecule has 14 heavy (non-hydrogen) atoms. The van der Waals surface area contributed by atoms with Crippen molar-refractivity contribution in [3.8, 4) is 0 Å². The first-order chi connectivity index (χ1) is 6.95. The van der Waals surface area contributed by atoms with Gasteiger partial charge in [-0.05, 0) is 22.9 Å². The van der Waals surface area contributed by atoms with Gasteiger partial charge in [-0.25, -0.2) is 0 Å². The van der Waals surface area contributed by atoms with E-state index in [1.165, 1.54) is 16.6 Å². The fourth-order valence-electron chi connectivity index (χ4n) is 1.95. The number of para-hydroxylation sites is 1. The van der Waals surface area contributed by atoms with E-state index in [2.05, 4.69) is 46.4 Å². The third-order valence-corrected chi connectivity index (χ3v) is 3.46. The molecule has 0 fully saturated rings. The summed E-state index contributed by atoms with van der Waals surface area (Å²) in [6, 6.07) is 10.9. The summed E-state index contributed by atoms with van der Waals surface area (Å²) >= 11 is 1.87. The zero-order valence-corrected chi connectivity index (χ0v) is 8.63. The molecule has 0 atom stereocenters. The quantitative estimate of drug-likeness (QED) is 0.632. The van der Waals surface area contributed by atoms with Crippen LogP contribution in [0.15, 0.2) is 41.8 Å². The van der Waals surface area contributed by atoms with Crippen LogP contribution in [-0.4, -0.2) is 4.57 Å². The molecule has 0 aliphatic carbocycles. The van der Waals surface area contributed by atoms with Gasteiger partial charge in [0.2, 0.25) is 0 Å². The molecule has 0 saturated heterocycles. The first kappa shape index (κ1) is 8.18. The minimum absolute atomic E-state index is 1.01. The molecular weight excluding hydrogens is 190 g/mol. The summed E-state index contributed by atoms with van der Waals surface area (Å²) in [5, 5.41) is 3.56. The molecule has 1 aromatic heterocycles. The van der Waals surface area contributed by atoms with Crippen LogP contribution in [0.4, 0.5) is 0 Å². The summed E-state index contributed by atoms with van der Waals surface area (Å²) in [5.41, 5.74) is 2.79. The highest BCUT2D eigenvalue weighted by molar-refractivity contribution is 8.01. The van der Waals surface area contributed by atoms with Crippen molar-refractivity contribution in [3.63, 3.8) is 0 Å². The Morgan fingerprint density at radius 1 is 1.21 bits per heavy atom. The third kappa shape index (κ3) is 1.18. The van der Waals surface area contributed by atoms with Gasteiger partial charge in [-0.1, -0.05) is 24.3 Å². The molecule has 1 aliphatic heterocycles. The monoisotopic (exact) mass is 201 g/mol. The number of fused-ring (bicyclic) bond motifs is 3. The second-order valence-corrected chi connectivity index (χ2v) is 4.38. The predicted molar refractivity (Wildman–Crippen MR) is 62.4 cm³/mol. The molecule has 2 heterocycles. The van der Waals surface area contributed by atoms with Crippen molar-refractivity contribution in [2.45, 2.75) is 12.3 Å². The van der Waals surface area contributed by atoms with Gasteiger partial charge in [-0.2, -0.15) is 0 Å². The minimum Gasteiger partial charge on any atom is -0.340 e. The van der Waals surface area contributed by atoms with E-state index in [1.54, 1.807) is 0 Å². The highest BCUT2D eigenvalue weighted by Gasteiger charge is 2.08. The van der Waals surface area contributed by atoms with Crippen LogP contribution in [0.2, 0.25) is 0 Å². The van der Waals surface area contributed by atoms with Gasteiger partial charge in [0.05, 0.1) is 0 Å². The van der Waals surface area contributed by atoms with Crippen molar-refractivity contribution in [3.05, 3.63) is 47.5 Å². The minimum atomic E-state index is 1.01. The lowest BCUT2D eigenvalue weighted by Gasteiger charge is -2.03. The number of aromatic nitrogens is 1. The number of nitrogens with zero attached hydrogens (tertiary/aromatic N) is 1. The number of hydrogen-bond donors (Lipinski definition) is 0. The van der Waals surface area contributed by atoms with Gasteiger partial charge in [-0.15, -0.1) is 11.8 Å². The van der Waals surface area contributed by atoms with Crippen LogP contribution in [0.3, 0.4) is 0 Å². The molecule has 1 aromatic carbocycles. The van der Waals surface area contributed by atoms with Gasteiger partial charge in [0.25, 0.3) is 0 Å². The Bertz CT molecular complexity index is 496. The van der Waals surface area contributed by atoms with Crippen molar-refractivity contribution >= 4 is 22.7 Å². The van der Waals surface area contributed by atoms with Crippen molar-refractivity contribution in [1.29, 1.82) is 0 Å². The average molecular weight is 201 g/mol. The Morgan fingerprint density at radius 3 is 3.14 bits per heavy atom. The molecule has 2 heteroatoms. The fourth-order valence-corrected chi connectivity index (χ4v) is 2.68. The number of thioether (sulfide) groups is 1. The third-order valence-electron chi connectivity index (χ3n) is 2.61. The van der Waals surface area contributed by atoms with Gasteiger partial charge in [0, 0.05) is 23.5 Å². The molecule has 0 bridgehead atoms. The van der Waals surface area contributed by atoms with E-state index < -0.39 is 0 Å². The molecule has 0 saturated carbocycles. The van der Waals surface area contributed by atoms with Crippen LogP contribution < -0.4 is 0 Å². The first-order valence-electron chi connectivity index (χ1n) is 4.79. The maximum absolute atomic E-state index is 2.39. The molecule has 0 unspecified atom stereocenters. The lowest BCUT2D eigenvalue weighted by Crippen LogP contribution is -1.97. The largest absolute Gasteiger partial charge is 0.340 e. The zero-order chi connectivity index (χ0) is 9.38. The summed E-state index contributed by atoms with van der Waals surface area (Å²) in [6.45, 7) is 1.01. The van der Waals surface area contributed by atoms with Crippen molar-refractivity contribution in [2.75, 3.05) is 0 Å². The second kappa shape index (κ2) is 3.21. The van der Waals surface area contributed by atoms with Gasteiger partial charge < -0.3 is 4.57 Å². The maximum Gasteiger partial charge on any atom is 0.0485 e. The summed E-state index contributed by atoms with van der Waals surface area (Å²) < 4.78 is 2.39. The number of allylic oxidation sites excluding steroid dienone is 1. The van der Waals surface area contributed by atoms with Gasteiger partial charge in [-0.3, -0.25) is 0 Å². The summed E-state index contributed by atoms with van der Waals surface area (Å²) in [7, 11) is 0. The number of hydrogen-bond acceptors (Lipinski definition) is 1. The van der Waals surface area contributed by atoms with E-state index in [1.807, 2.05) is 11.8 Å². The molecule has 1 nitrogen and oxygen atoms in total. The van der Waals surface area contributed by atoms with Crippen LogP contribution >= 0.6 is 11.8 Å². The van der Waals surface area contributed by atoms with E-state index in [0.717, 1.165) is 12.3 Å². The van der Waals surface area contributed by atoms with Crippen molar-refractivity contribution in [2.24, 2.45) is 0 Å². The van der Waals surface area contributed by atoms with Crippen LogP contribution in [-0.2, 0) is 12.3 Å². The maximum atomic E-state index is 2.39. The van der Waals surface area contributed by atoms with E-state index in [0.29, 0.717) is 0 Å². The fraction of sp³-hybridized carbons (Fsp3) is 0.167. The van der Waals surface area contributed by atoms with Crippen LogP contribution in [0, 0.1) is 0 Å². The predicted octanol–water partition coefficient (Wildman–Crippen LogP) is 3.40. The lowest BCUT2D eigenvalue weighted by atomic mass is 10.2. The highest BCUT2D eigenvalue weighted by Crippen LogP contribution is 2.25. The van der Waals surface area contributed by atoms with E-state index in [4.69, 9.17) is 0 Å². The molecule has 3 rings (SSSR count). The van der Waals surface area contributed by atoms with Gasteiger partial charge in [0.15, 0.2) is 0 Å². The molecule has 0 N–H and O–H groups in total. The molecule has 0 radical (unpaired) electrons. The molecule has 0 amide bonds. The summed E-state index contributed by atoms with van der Waals surface area (Å²) in [6.07, 6.45) is 2.23. The topological polar surface area (TPSA) is 4.93 Å². The molecule has 2 aromatic rings. The van der Waals surface area contributed by atoms with Crippen LogP contribution in [0.5, 0.6) is 0 Å². The smallest absolute Gasteiger partial charge is 0.0485 e. The van der Waals surface area contributed by atoms with Gasteiger partial charge in [0.1, 0.15) is 0 Å². The molecule has 70 valence electrons. The second-order valence-electron chi connectivity index (χ2n) is 3.49. The van der Waals surface area contributed by atoms with Crippen molar-refractivity contribution < 1.29 is 0 Å². The van der Waals surface area contributed by atoms with Gasteiger partial charge >= 0.3 is 0 Å². The lowest BCUT2D eigenvalue weighted by molar-refractivity contribution is 0.827. The SMILES string of the molecule is C1=CSCc2cc3ccccc3n2C1. The Morgan fingerprint density at radius 2 is 2.14 bits per heavy atom. The highest BCUT2D eigenvalue weighted by atomic mass is 32.2. The average Bonchev–Trinajstić information content (AvgIpc) is 2.42. The standard InChI is InChI=1S/C12H11NS/c1-2-5-12-10(4-1)8-11-9-14-7-3-6-13(11)12/h1-5,7-8H,6,9H2. The van der Waals surface area contributed by atoms with Crippen molar-refractivity contribution in [1.82, 2.24) is 4.57 Å². The van der Waals surface area contributed by atoms with Crippen LogP contribution in [0.25, 0.3) is 10.9 Å². The Balaban J connectivity index is 2.29.